The summed E-state index contributed by atoms with van der Waals surface area (Å²) in [6.45, 7) is 12.3. The van der Waals surface area contributed by atoms with Gasteiger partial charge in [-0.05, 0) is 29.5 Å². The topological polar surface area (TPSA) is 72.4 Å². The molecular weight excluding hydrogens is 405 g/mol. The highest BCUT2D eigenvalue weighted by Crippen LogP contribution is 2.47. The van der Waals surface area contributed by atoms with Gasteiger partial charge in [0, 0.05) is 22.2 Å². The summed E-state index contributed by atoms with van der Waals surface area (Å²) < 4.78 is 24.9. The van der Waals surface area contributed by atoms with E-state index in [1.807, 2.05) is 26.8 Å². The molecule has 0 aromatic heterocycles. The zero-order chi connectivity index (χ0) is 20.7. The van der Waals surface area contributed by atoms with Gasteiger partial charge >= 0.3 is 0 Å². The van der Waals surface area contributed by atoms with Crippen LogP contribution in [0.15, 0.2) is 24.3 Å². The summed E-state index contributed by atoms with van der Waals surface area (Å²) >= 11 is 9.86. The maximum absolute atomic E-state index is 11.3. The maximum Gasteiger partial charge on any atom is 0.153 e. The molecule has 0 heterocycles. The Labute approximate surface area is 173 Å². The van der Waals surface area contributed by atoms with E-state index >= 15 is 0 Å². The summed E-state index contributed by atoms with van der Waals surface area (Å²) in [6, 6.07) is 7.63. The quantitative estimate of drug-likeness (QED) is 0.474. The van der Waals surface area contributed by atoms with Crippen LogP contribution in [0.4, 0.5) is 5.69 Å². The van der Waals surface area contributed by atoms with Crippen molar-refractivity contribution in [1.29, 1.82) is 0 Å². The number of anilines is 1. The van der Waals surface area contributed by atoms with Crippen LogP contribution in [-0.4, -0.2) is 13.9 Å². The van der Waals surface area contributed by atoms with Crippen LogP contribution in [0.1, 0.15) is 56.9 Å². The van der Waals surface area contributed by atoms with E-state index in [0.29, 0.717) is 5.56 Å². The first-order valence-electron chi connectivity index (χ1n) is 8.45. The third-order valence-corrected chi connectivity index (χ3v) is 5.72. The highest BCUT2D eigenvalue weighted by Gasteiger charge is 2.32. The first-order chi connectivity index (χ1) is 12.2. The Morgan fingerprint density at radius 1 is 1.04 bits per heavy atom. The first kappa shape index (κ1) is 22.0. The van der Waals surface area contributed by atoms with E-state index in [9.17, 15) is 13.9 Å². The highest BCUT2D eigenvalue weighted by molar-refractivity contribution is 7.80. The minimum atomic E-state index is -2.56. The van der Waals surface area contributed by atoms with E-state index in [2.05, 4.69) is 37.6 Å². The molecule has 7 heteroatoms. The molecule has 0 aliphatic heterocycles. The second-order valence-electron chi connectivity index (χ2n) is 8.24. The van der Waals surface area contributed by atoms with Gasteiger partial charge in [0.15, 0.2) is 5.75 Å². The Bertz CT molecular complexity index is 905. The molecule has 2 N–H and O–H groups in total. The molecule has 2 rings (SSSR count). The first-order valence-corrected chi connectivity index (χ1v) is 10.3. The molecule has 0 radical (unpaired) electrons. The summed E-state index contributed by atoms with van der Waals surface area (Å²) in [7, 11) is 0. The van der Waals surface area contributed by atoms with Crippen molar-refractivity contribution in [3.05, 3.63) is 56.6 Å². The van der Waals surface area contributed by atoms with Crippen molar-refractivity contribution in [3.63, 3.8) is 0 Å². The van der Waals surface area contributed by atoms with E-state index in [0.717, 1.165) is 16.7 Å². The fourth-order valence-corrected chi connectivity index (χ4v) is 4.14. The zero-order valence-electron chi connectivity index (χ0n) is 16.2. The molecule has 2 aromatic rings. The van der Waals surface area contributed by atoms with Crippen LogP contribution in [0.3, 0.4) is 0 Å². The van der Waals surface area contributed by atoms with Gasteiger partial charge < -0.3 is 14.4 Å². The number of phenols is 1. The van der Waals surface area contributed by atoms with Crippen molar-refractivity contribution in [1.82, 2.24) is 0 Å². The molecule has 0 spiro atoms. The second kappa shape index (κ2) is 7.63. The van der Waals surface area contributed by atoms with Gasteiger partial charge in [0.25, 0.3) is 0 Å². The van der Waals surface area contributed by atoms with Crippen LogP contribution in [0.5, 0.6) is 5.75 Å². The van der Waals surface area contributed by atoms with Gasteiger partial charge in [0.1, 0.15) is 0 Å². The fraction of sp³-hybridized carbons (Fsp3) is 0.400. The molecule has 0 saturated carbocycles. The molecule has 0 aliphatic rings. The molecule has 0 fully saturated rings. The molecule has 0 aliphatic carbocycles. The van der Waals surface area contributed by atoms with Crippen LogP contribution in [0, 0.1) is 6.92 Å². The van der Waals surface area contributed by atoms with Gasteiger partial charge in [-0.2, -0.15) is 0 Å². The third kappa shape index (κ3) is 4.60. The van der Waals surface area contributed by atoms with Crippen LogP contribution < -0.4 is 4.72 Å². The monoisotopic (exact) mass is 428 g/mol. The normalized spacial score (nSPS) is 13.5. The number of hydrogen-bond acceptors (Lipinski definition) is 3. The summed E-state index contributed by atoms with van der Waals surface area (Å²) in [4.78, 5) is 0. The highest BCUT2D eigenvalue weighted by atomic mass is 35.5. The lowest BCUT2D eigenvalue weighted by atomic mass is 9.74. The summed E-state index contributed by atoms with van der Waals surface area (Å²) in [5, 5.41) is 10.3. The molecule has 0 saturated heterocycles. The number of aromatic hydroxyl groups is 1. The molecule has 0 bridgehead atoms. The van der Waals surface area contributed by atoms with Gasteiger partial charge in [-0.25, -0.2) is 0 Å². The van der Waals surface area contributed by atoms with Crippen molar-refractivity contribution < 1.29 is 13.9 Å². The predicted octanol–water partition coefficient (Wildman–Crippen LogP) is 5.84. The Morgan fingerprint density at radius 2 is 1.59 bits per heavy atom. The van der Waals surface area contributed by atoms with Crippen LogP contribution in [-0.2, 0) is 22.1 Å². The smallest absolute Gasteiger partial charge is 0.153 e. The largest absolute Gasteiger partial charge is 0.755 e. The van der Waals surface area contributed by atoms with Crippen LogP contribution >= 0.6 is 23.2 Å². The lowest BCUT2D eigenvalue weighted by molar-refractivity contribution is 0.473. The standard InChI is InChI=1S/C20H25Cl2NO3S/c1-11-7-12(19(2,3)4)9-13(8-11)20(5,6)16-15(23-27(25)26)10-14(21)18(24)17(16)22/h7-10,23-24H,1-6H3,(H,25,26)/p-1. The van der Waals surface area contributed by atoms with Crippen molar-refractivity contribution in [2.24, 2.45) is 0 Å². The minimum Gasteiger partial charge on any atom is -0.755 e. The van der Waals surface area contributed by atoms with Crippen LogP contribution in [0.2, 0.25) is 10.0 Å². The predicted molar refractivity (Wildman–Crippen MR) is 113 cm³/mol. The summed E-state index contributed by atoms with van der Waals surface area (Å²) in [5.74, 6) is -0.271. The van der Waals surface area contributed by atoms with Gasteiger partial charge in [-0.1, -0.05) is 81.6 Å². The third-order valence-electron chi connectivity index (χ3n) is 4.68. The number of halogens is 2. The van der Waals surface area contributed by atoms with E-state index < -0.39 is 16.7 Å². The van der Waals surface area contributed by atoms with E-state index in [1.54, 1.807) is 0 Å². The van der Waals surface area contributed by atoms with Crippen molar-refractivity contribution in [3.8, 4) is 5.75 Å². The molecule has 0 amide bonds. The molecule has 27 heavy (non-hydrogen) atoms. The maximum atomic E-state index is 11.3. The van der Waals surface area contributed by atoms with Gasteiger partial charge in [0.05, 0.1) is 15.7 Å². The molecule has 1 unspecified atom stereocenters. The number of nitrogens with one attached hydrogen (secondary N) is 1. The molecule has 148 valence electrons. The van der Waals surface area contributed by atoms with Crippen molar-refractivity contribution in [2.75, 3.05) is 4.72 Å². The van der Waals surface area contributed by atoms with Crippen LogP contribution in [0.25, 0.3) is 0 Å². The molecule has 1 atom stereocenters. The van der Waals surface area contributed by atoms with Gasteiger partial charge in [-0.3, -0.25) is 4.21 Å². The van der Waals surface area contributed by atoms with Gasteiger partial charge in [-0.15, -0.1) is 0 Å². The summed E-state index contributed by atoms with van der Waals surface area (Å²) in [6.07, 6.45) is 0. The Hall–Kier alpha value is -1.27. The number of aryl methyl sites for hydroxylation is 1. The van der Waals surface area contributed by atoms with Gasteiger partial charge in [0.2, 0.25) is 0 Å². The second-order valence-corrected chi connectivity index (χ2v) is 9.70. The van der Waals surface area contributed by atoms with Crippen molar-refractivity contribution >= 4 is 40.2 Å². The lowest BCUT2D eigenvalue weighted by Crippen LogP contribution is -2.24. The zero-order valence-corrected chi connectivity index (χ0v) is 18.6. The number of benzene rings is 2. The van der Waals surface area contributed by atoms with E-state index in [-0.39, 0.29) is 26.9 Å². The Morgan fingerprint density at radius 3 is 2.11 bits per heavy atom. The SMILES string of the molecule is Cc1cc(C(C)(C)C)cc(C(C)(C)c2c(NS(=O)[O-])cc(Cl)c(O)c2Cl)c1. The fourth-order valence-electron chi connectivity index (χ4n) is 3.11. The Balaban J connectivity index is 2.79. The Kier molecular flexibility index (Phi) is 6.22. The van der Waals surface area contributed by atoms with E-state index in [4.69, 9.17) is 23.2 Å². The molecular formula is C20H24Cl2NO3S-. The lowest BCUT2D eigenvalue weighted by Gasteiger charge is -2.32. The summed E-state index contributed by atoms with van der Waals surface area (Å²) in [5.41, 5.74) is 3.13. The number of rotatable bonds is 4. The number of hydrogen-bond donors (Lipinski definition) is 2. The van der Waals surface area contributed by atoms with Crippen molar-refractivity contribution in [2.45, 2.75) is 52.4 Å². The molecule has 4 nitrogen and oxygen atoms in total. The average molecular weight is 429 g/mol. The van der Waals surface area contributed by atoms with E-state index in [1.165, 1.54) is 6.07 Å². The number of phenolic OH excluding ortho intramolecular Hbond substituents is 1. The minimum absolute atomic E-state index is 0.0212. The molecule has 2 aromatic carbocycles. The average Bonchev–Trinajstić information content (AvgIpc) is 2.50.